The smallest absolute Gasteiger partial charge is 0.229 e. The summed E-state index contributed by atoms with van der Waals surface area (Å²) in [5, 5.41) is 2.90. The fraction of sp³-hybridized carbons (Fsp3) is 0.300. The molecule has 1 fully saturated rings. The van der Waals surface area contributed by atoms with Crippen LogP contribution in [-0.4, -0.2) is 30.9 Å². The Bertz CT molecular complexity index is 768. The maximum Gasteiger partial charge on any atom is 0.229 e. The molecule has 1 aliphatic heterocycles. The lowest BCUT2D eigenvalue weighted by molar-refractivity contribution is -0.124. The molecule has 0 saturated carbocycles. The summed E-state index contributed by atoms with van der Waals surface area (Å²) in [6.07, 6.45) is 0.297. The Balaban J connectivity index is 0.00000261. The minimum absolute atomic E-state index is 0. The van der Waals surface area contributed by atoms with Gasteiger partial charge in [-0.15, -0.1) is 12.4 Å². The quantitative estimate of drug-likeness (QED) is 0.795. The Labute approximate surface area is 165 Å². The van der Waals surface area contributed by atoms with Crippen molar-refractivity contribution in [2.75, 3.05) is 18.0 Å². The van der Waals surface area contributed by atoms with Gasteiger partial charge in [-0.25, -0.2) is 0 Å². The minimum atomic E-state index is -0.256. The number of para-hydroxylation sites is 1. The van der Waals surface area contributed by atoms with E-state index in [1.54, 1.807) is 11.8 Å². The second-order valence-electron chi connectivity index (χ2n) is 6.46. The molecule has 2 atom stereocenters. The van der Waals surface area contributed by atoms with Crippen molar-refractivity contribution in [3.05, 3.63) is 54.6 Å². The third-order valence-electron chi connectivity index (χ3n) is 4.40. The van der Waals surface area contributed by atoms with E-state index >= 15 is 0 Å². The molecule has 0 bridgehead atoms. The van der Waals surface area contributed by atoms with Crippen LogP contribution in [0, 0.1) is 5.92 Å². The molecule has 144 valence electrons. The standard InChI is InChI=1S/C20H23N3O3.ClH/c1-14(12-21)20(25)22-15-11-19(24)23(13-15)16-7-9-18(10-8-16)26-17-5-3-2-4-6-17;/h2-10,14-15H,11-13,21H2,1H3,(H,22,25);1H. The van der Waals surface area contributed by atoms with E-state index in [1.165, 1.54) is 0 Å². The maximum atomic E-state index is 12.3. The van der Waals surface area contributed by atoms with Gasteiger partial charge in [0.25, 0.3) is 0 Å². The van der Waals surface area contributed by atoms with Crippen molar-refractivity contribution in [2.45, 2.75) is 19.4 Å². The summed E-state index contributed by atoms with van der Waals surface area (Å²) >= 11 is 0. The van der Waals surface area contributed by atoms with Crippen LogP contribution >= 0.6 is 12.4 Å². The van der Waals surface area contributed by atoms with Crippen LogP contribution < -0.4 is 20.7 Å². The van der Waals surface area contributed by atoms with E-state index in [4.69, 9.17) is 10.5 Å². The number of carbonyl (C=O) groups excluding carboxylic acids is 2. The molecule has 2 aromatic carbocycles. The van der Waals surface area contributed by atoms with E-state index < -0.39 is 0 Å². The predicted octanol–water partition coefficient (Wildman–Crippen LogP) is 2.72. The summed E-state index contributed by atoms with van der Waals surface area (Å²) < 4.78 is 5.76. The number of halogens is 1. The van der Waals surface area contributed by atoms with Gasteiger partial charge < -0.3 is 20.7 Å². The zero-order valence-corrected chi connectivity index (χ0v) is 15.9. The first-order valence-corrected chi connectivity index (χ1v) is 8.70. The summed E-state index contributed by atoms with van der Waals surface area (Å²) in [6, 6.07) is 16.7. The van der Waals surface area contributed by atoms with Gasteiger partial charge in [-0.2, -0.15) is 0 Å². The van der Waals surface area contributed by atoms with Crippen LogP contribution in [-0.2, 0) is 9.59 Å². The summed E-state index contributed by atoms with van der Waals surface area (Å²) in [5.41, 5.74) is 6.30. The number of hydrogen-bond donors (Lipinski definition) is 2. The van der Waals surface area contributed by atoms with Crippen LogP contribution in [0.15, 0.2) is 54.6 Å². The Morgan fingerprint density at radius 2 is 1.81 bits per heavy atom. The van der Waals surface area contributed by atoms with Crippen LogP contribution in [0.1, 0.15) is 13.3 Å². The second kappa shape index (κ2) is 9.39. The highest BCUT2D eigenvalue weighted by Crippen LogP contribution is 2.27. The molecule has 0 radical (unpaired) electrons. The van der Waals surface area contributed by atoms with Gasteiger partial charge in [0.15, 0.2) is 0 Å². The Morgan fingerprint density at radius 3 is 2.44 bits per heavy atom. The monoisotopic (exact) mass is 389 g/mol. The molecule has 1 heterocycles. The Morgan fingerprint density at radius 1 is 1.19 bits per heavy atom. The predicted molar refractivity (Wildman–Crippen MR) is 107 cm³/mol. The topological polar surface area (TPSA) is 84.7 Å². The number of nitrogens with one attached hydrogen (secondary N) is 1. The molecule has 2 amide bonds. The SMILES string of the molecule is CC(CN)C(=O)NC1CC(=O)N(c2ccc(Oc3ccccc3)cc2)C1.Cl. The van der Waals surface area contributed by atoms with Gasteiger partial charge in [-0.1, -0.05) is 25.1 Å². The molecule has 1 saturated heterocycles. The van der Waals surface area contributed by atoms with E-state index in [-0.39, 0.29) is 36.2 Å². The van der Waals surface area contributed by atoms with Crippen LogP contribution in [0.5, 0.6) is 11.5 Å². The average molecular weight is 390 g/mol. The first-order valence-electron chi connectivity index (χ1n) is 8.70. The minimum Gasteiger partial charge on any atom is -0.457 e. The van der Waals surface area contributed by atoms with Crippen LogP contribution in [0.2, 0.25) is 0 Å². The number of carbonyl (C=O) groups is 2. The van der Waals surface area contributed by atoms with E-state index in [0.29, 0.717) is 25.3 Å². The van der Waals surface area contributed by atoms with Crippen molar-refractivity contribution in [1.82, 2.24) is 5.32 Å². The van der Waals surface area contributed by atoms with Gasteiger partial charge in [0, 0.05) is 31.1 Å². The van der Waals surface area contributed by atoms with Crippen molar-refractivity contribution in [2.24, 2.45) is 11.7 Å². The summed E-state index contributed by atoms with van der Waals surface area (Å²) in [5.74, 6) is 1.09. The summed E-state index contributed by atoms with van der Waals surface area (Å²) in [6.45, 7) is 2.52. The molecule has 1 aliphatic rings. The van der Waals surface area contributed by atoms with Gasteiger partial charge in [0.05, 0.1) is 6.04 Å². The first kappa shape index (κ1) is 20.7. The second-order valence-corrected chi connectivity index (χ2v) is 6.46. The zero-order valence-electron chi connectivity index (χ0n) is 15.1. The normalized spacial score (nSPS) is 17.2. The van der Waals surface area contributed by atoms with Crippen LogP contribution in [0.3, 0.4) is 0 Å². The number of rotatable bonds is 6. The van der Waals surface area contributed by atoms with Gasteiger partial charge in [0.1, 0.15) is 11.5 Å². The number of hydrogen-bond acceptors (Lipinski definition) is 4. The number of benzene rings is 2. The largest absolute Gasteiger partial charge is 0.457 e. The number of amides is 2. The molecule has 3 N–H and O–H groups in total. The van der Waals surface area contributed by atoms with E-state index in [9.17, 15) is 9.59 Å². The lowest BCUT2D eigenvalue weighted by atomic mass is 10.1. The lowest BCUT2D eigenvalue weighted by Crippen LogP contribution is -2.41. The fourth-order valence-electron chi connectivity index (χ4n) is 2.82. The third kappa shape index (κ3) is 5.21. The lowest BCUT2D eigenvalue weighted by Gasteiger charge is -2.18. The fourth-order valence-corrected chi connectivity index (χ4v) is 2.82. The van der Waals surface area contributed by atoms with Gasteiger partial charge in [-0.3, -0.25) is 9.59 Å². The Hall–Kier alpha value is -2.57. The highest BCUT2D eigenvalue weighted by molar-refractivity contribution is 5.97. The van der Waals surface area contributed by atoms with E-state index in [2.05, 4.69) is 5.32 Å². The molecule has 27 heavy (non-hydrogen) atoms. The number of ether oxygens (including phenoxy) is 1. The molecule has 0 spiro atoms. The Kier molecular flexibility index (Phi) is 7.21. The van der Waals surface area contributed by atoms with E-state index in [0.717, 1.165) is 11.4 Å². The average Bonchev–Trinajstić information content (AvgIpc) is 3.02. The molecule has 7 heteroatoms. The van der Waals surface area contributed by atoms with Crippen molar-refractivity contribution in [1.29, 1.82) is 0 Å². The third-order valence-corrected chi connectivity index (χ3v) is 4.40. The van der Waals surface area contributed by atoms with Crippen LogP contribution in [0.4, 0.5) is 5.69 Å². The molecule has 3 rings (SSSR count). The molecular weight excluding hydrogens is 366 g/mol. The van der Waals surface area contributed by atoms with Crippen molar-refractivity contribution < 1.29 is 14.3 Å². The maximum absolute atomic E-state index is 12.3. The van der Waals surface area contributed by atoms with Crippen molar-refractivity contribution in [3.8, 4) is 11.5 Å². The molecule has 6 nitrogen and oxygen atoms in total. The first-order chi connectivity index (χ1) is 12.6. The summed E-state index contributed by atoms with van der Waals surface area (Å²) in [4.78, 5) is 25.9. The molecule has 0 aliphatic carbocycles. The highest BCUT2D eigenvalue weighted by Gasteiger charge is 2.32. The van der Waals surface area contributed by atoms with Gasteiger partial charge >= 0.3 is 0 Å². The molecule has 0 aromatic heterocycles. The van der Waals surface area contributed by atoms with Gasteiger partial charge in [0.2, 0.25) is 11.8 Å². The molecule has 2 unspecified atom stereocenters. The number of anilines is 1. The number of nitrogens with two attached hydrogens (primary N) is 1. The molecule has 2 aromatic rings. The van der Waals surface area contributed by atoms with Crippen molar-refractivity contribution in [3.63, 3.8) is 0 Å². The van der Waals surface area contributed by atoms with Crippen molar-refractivity contribution >= 4 is 29.9 Å². The molecular formula is C20H24ClN3O3. The van der Waals surface area contributed by atoms with Gasteiger partial charge in [-0.05, 0) is 36.4 Å². The zero-order chi connectivity index (χ0) is 18.5. The summed E-state index contributed by atoms with van der Waals surface area (Å²) in [7, 11) is 0. The van der Waals surface area contributed by atoms with Crippen LogP contribution in [0.25, 0.3) is 0 Å². The number of nitrogens with zero attached hydrogens (tertiary/aromatic N) is 1. The highest BCUT2D eigenvalue weighted by atomic mass is 35.5. The van der Waals surface area contributed by atoms with E-state index in [1.807, 2.05) is 54.6 Å².